The predicted octanol–water partition coefficient (Wildman–Crippen LogP) is 9.60. The minimum Gasteiger partial charge on any atom is -0.492 e. The molecule has 4 aromatic rings. The van der Waals surface area contributed by atoms with Crippen molar-refractivity contribution in [1.82, 2.24) is 0 Å². The normalized spacial score (nSPS) is 11.7. The van der Waals surface area contributed by atoms with Crippen molar-refractivity contribution in [2.75, 3.05) is 26.4 Å². The summed E-state index contributed by atoms with van der Waals surface area (Å²) in [6, 6.07) is 17.0. The van der Waals surface area contributed by atoms with Crippen LogP contribution < -0.4 is 18.9 Å². The summed E-state index contributed by atoms with van der Waals surface area (Å²) in [4.78, 5) is 0. The fourth-order valence-electron chi connectivity index (χ4n) is 5.52. The van der Waals surface area contributed by atoms with Crippen LogP contribution in [0.1, 0.15) is 79.1 Å². The number of fused-ring (bicyclic) bond motifs is 4. The number of rotatable bonds is 16. The monoisotopic (exact) mass is 540 g/mol. The first-order chi connectivity index (χ1) is 19.8. The van der Waals surface area contributed by atoms with Crippen molar-refractivity contribution in [3.8, 4) is 23.0 Å². The van der Waals surface area contributed by atoms with Crippen LogP contribution in [0, 0.1) is 20.9 Å². The molecule has 0 radical (unpaired) electrons. The average molecular weight is 541 g/mol. The standard InChI is InChI=1S/C36H44O4/c1-5-9-21-37-33-25-17-13-14-18-26(25)34(38-22-10-6-2)30-29(33)31-32(30)36(40-24-12-8-4)28-20-16-15-19-27(28)35(31)39-23-11-7-3/h13-20H,5-12,21-24H2,1-4H3. The predicted molar refractivity (Wildman–Crippen MR) is 165 cm³/mol. The van der Waals surface area contributed by atoms with Gasteiger partial charge in [-0.3, -0.25) is 0 Å². The molecule has 212 valence electrons. The lowest BCUT2D eigenvalue weighted by Gasteiger charge is -2.24. The SMILES string of the molecule is CCCCOc1c2c(c(OCCCC)c3ccccc13)=c1c(OCCCC)c3ccccc3c(OCCCC)c1=2. The van der Waals surface area contributed by atoms with Crippen LogP contribution in [0.2, 0.25) is 0 Å². The number of unbranched alkanes of at least 4 members (excludes halogenated alkanes) is 4. The van der Waals surface area contributed by atoms with E-state index >= 15 is 0 Å². The molecule has 0 spiro atoms. The molecular weight excluding hydrogens is 496 g/mol. The van der Waals surface area contributed by atoms with E-state index < -0.39 is 0 Å². The molecule has 0 heterocycles. The van der Waals surface area contributed by atoms with Gasteiger partial charge in [-0.2, -0.15) is 0 Å². The zero-order valence-electron chi connectivity index (χ0n) is 24.7. The zero-order chi connectivity index (χ0) is 27.9. The molecule has 0 fully saturated rings. The molecule has 1 aliphatic rings. The molecule has 0 aromatic heterocycles. The Kier molecular flexibility index (Phi) is 9.36. The highest BCUT2D eigenvalue weighted by molar-refractivity contribution is 5.98. The lowest BCUT2D eigenvalue weighted by atomic mass is 9.91. The second-order valence-electron chi connectivity index (χ2n) is 10.7. The van der Waals surface area contributed by atoms with E-state index in [9.17, 15) is 0 Å². The molecule has 0 bridgehead atoms. The van der Waals surface area contributed by atoms with E-state index in [1.807, 2.05) is 0 Å². The molecular formula is C36H44O4. The first-order valence-electron chi connectivity index (χ1n) is 15.5. The molecule has 0 amide bonds. The Morgan fingerprint density at radius 2 is 0.600 bits per heavy atom. The quantitative estimate of drug-likeness (QED) is 0.117. The molecule has 4 aromatic carbocycles. The second-order valence-corrected chi connectivity index (χ2v) is 10.7. The van der Waals surface area contributed by atoms with Crippen molar-refractivity contribution in [3.05, 3.63) is 69.4 Å². The highest BCUT2D eigenvalue weighted by atomic mass is 16.5. The average Bonchev–Trinajstić information content (AvgIpc) is 2.97. The van der Waals surface area contributed by atoms with Gasteiger partial charge < -0.3 is 18.9 Å². The molecule has 0 N–H and O–H groups in total. The van der Waals surface area contributed by atoms with Crippen molar-refractivity contribution in [1.29, 1.82) is 0 Å². The van der Waals surface area contributed by atoms with Crippen molar-refractivity contribution >= 4 is 21.5 Å². The van der Waals surface area contributed by atoms with Gasteiger partial charge in [0.25, 0.3) is 0 Å². The topological polar surface area (TPSA) is 36.9 Å². The Bertz CT molecular complexity index is 1390. The van der Waals surface area contributed by atoms with Gasteiger partial charge in [0.2, 0.25) is 0 Å². The third-order valence-corrected chi connectivity index (χ3v) is 7.72. The Hall–Kier alpha value is -3.40. The van der Waals surface area contributed by atoms with Crippen molar-refractivity contribution in [2.24, 2.45) is 0 Å². The van der Waals surface area contributed by atoms with Gasteiger partial charge in [0.15, 0.2) is 0 Å². The summed E-state index contributed by atoms with van der Waals surface area (Å²) in [7, 11) is 0. The number of hydrogen-bond acceptors (Lipinski definition) is 4. The van der Waals surface area contributed by atoms with E-state index in [1.165, 1.54) is 0 Å². The Balaban J connectivity index is 1.93. The largest absolute Gasteiger partial charge is 0.492 e. The first kappa shape index (κ1) is 28.1. The van der Waals surface area contributed by atoms with E-state index in [2.05, 4.69) is 76.2 Å². The fraction of sp³-hybridized carbons (Fsp3) is 0.444. The van der Waals surface area contributed by atoms with Crippen LogP contribution in [-0.2, 0) is 0 Å². The van der Waals surface area contributed by atoms with E-state index in [0.29, 0.717) is 26.4 Å². The first-order valence-corrected chi connectivity index (χ1v) is 15.5. The van der Waals surface area contributed by atoms with Gasteiger partial charge in [0.1, 0.15) is 23.0 Å². The van der Waals surface area contributed by atoms with Gasteiger partial charge in [-0.05, 0) is 25.7 Å². The number of hydrogen-bond donors (Lipinski definition) is 0. The summed E-state index contributed by atoms with van der Waals surface area (Å²) in [6.45, 7) is 11.5. The smallest absolute Gasteiger partial charge is 0.136 e. The van der Waals surface area contributed by atoms with E-state index in [1.54, 1.807) is 0 Å². The molecule has 0 aliphatic heterocycles. The minimum atomic E-state index is 0.678. The van der Waals surface area contributed by atoms with E-state index in [-0.39, 0.29) is 0 Å². The van der Waals surface area contributed by atoms with Crippen LogP contribution >= 0.6 is 0 Å². The van der Waals surface area contributed by atoms with Crippen molar-refractivity contribution in [2.45, 2.75) is 79.1 Å². The van der Waals surface area contributed by atoms with E-state index in [0.717, 1.165) is 117 Å². The van der Waals surface area contributed by atoms with Crippen LogP contribution in [0.4, 0.5) is 0 Å². The molecule has 4 heteroatoms. The highest BCUT2D eigenvalue weighted by Gasteiger charge is 2.26. The van der Waals surface area contributed by atoms with Crippen LogP contribution in [-0.4, -0.2) is 26.4 Å². The van der Waals surface area contributed by atoms with Gasteiger partial charge in [0.05, 0.1) is 26.4 Å². The fourth-order valence-corrected chi connectivity index (χ4v) is 5.52. The molecule has 1 aliphatic carbocycles. The maximum Gasteiger partial charge on any atom is 0.136 e. The van der Waals surface area contributed by atoms with Crippen LogP contribution in [0.15, 0.2) is 48.5 Å². The van der Waals surface area contributed by atoms with Gasteiger partial charge in [-0.25, -0.2) is 0 Å². The minimum absolute atomic E-state index is 0.678. The molecule has 0 saturated carbocycles. The summed E-state index contributed by atoms with van der Waals surface area (Å²) in [5.41, 5.74) is 0. The maximum absolute atomic E-state index is 6.64. The van der Waals surface area contributed by atoms with Crippen LogP contribution in [0.5, 0.6) is 23.0 Å². The molecule has 0 unspecified atom stereocenters. The summed E-state index contributed by atoms with van der Waals surface area (Å²) in [5, 5.41) is 8.79. The van der Waals surface area contributed by atoms with Crippen LogP contribution in [0.25, 0.3) is 21.5 Å². The van der Waals surface area contributed by atoms with Gasteiger partial charge in [-0.1, -0.05) is 102 Å². The molecule has 0 saturated heterocycles. The van der Waals surface area contributed by atoms with E-state index in [4.69, 9.17) is 18.9 Å². The van der Waals surface area contributed by atoms with Crippen LogP contribution in [0.3, 0.4) is 0 Å². The van der Waals surface area contributed by atoms with Crippen molar-refractivity contribution in [3.63, 3.8) is 0 Å². The molecule has 40 heavy (non-hydrogen) atoms. The zero-order valence-corrected chi connectivity index (χ0v) is 24.7. The van der Waals surface area contributed by atoms with Gasteiger partial charge in [0, 0.05) is 42.4 Å². The third kappa shape index (κ3) is 5.21. The highest BCUT2D eigenvalue weighted by Crippen LogP contribution is 2.46. The maximum atomic E-state index is 6.64. The summed E-state index contributed by atoms with van der Waals surface area (Å²) < 4.78 is 26.6. The molecule has 0 atom stereocenters. The molecule has 5 rings (SSSR count). The molecule has 4 nitrogen and oxygen atoms in total. The lowest BCUT2D eigenvalue weighted by Crippen LogP contribution is -2.10. The van der Waals surface area contributed by atoms with Gasteiger partial charge in [-0.15, -0.1) is 0 Å². The number of ether oxygens (including phenoxy) is 4. The lowest BCUT2D eigenvalue weighted by molar-refractivity contribution is 0.294. The Morgan fingerprint density at radius 3 is 0.800 bits per heavy atom. The van der Waals surface area contributed by atoms with Crippen molar-refractivity contribution < 1.29 is 18.9 Å². The summed E-state index contributed by atoms with van der Waals surface area (Å²) >= 11 is 0. The third-order valence-electron chi connectivity index (χ3n) is 7.72. The Morgan fingerprint density at radius 1 is 0.375 bits per heavy atom. The van der Waals surface area contributed by atoms with Gasteiger partial charge >= 0.3 is 0 Å². The summed E-state index contributed by atoms with van der Waals surface area (Å²) in [6.07, 6.45) is 8.37. The Labute approximate surface area is 238 Å². The summed E-state index contributed by atoms with van der Waals surface area (Å²) in [5.74, 6) is 3.74. The number of benzene rings is 4. The second kappa shape index (κ2) is 13.3.